The Morgan fingerprint density at radius 2 is 0.793 bits per heavy atom. The van der Waals surface area contributed by atoms with E-state index in [-0.39, 0.29) is 11.8 Å². The van der Waals surface area contributed by atoms with Crippen molar-refractivity contribution in [2.24, 2.45) is 11.8 Å². The Balaban J connectivity index is 1.28. The Bertz CT molecular complexity index is 1710. The topological polar surface area (TPSA) is 40.6 Å². The highest BCUT2D eigenvalue weighted by Gasteiger charge is 2.52. The summed E-state index contributed by atoms with van der Waals surface area (Å²) in [5.74, 6) is 1.08. The van der Waals surface area contributed by atoms with E-state index in [0.717, 1.165) is 41.6 Å². The fraction of sp³-hybridized carbons (Fsp3) is 0.640. The molecule has 2 aromatic rings. The maximum atomic E-state index is 14.8. The molecule has 6 heterocycles. The van der Waals surface area contributed by atoms with Gasteiger partial charge in [-0.3, -0.25) is 19.4 Å². The summed E-state index contributed by atoms with van der Waals surface area (Å²) in [6.45, 7) is 9.15. The van der Waals surface area contributed by atoms with Gasteiger partial charge in [-0.15, -0.1) is 22.7 Å². The number of nitrogens with zero attached hydrogens (tertiary/aromatic N) is 2. The second-order valence-electron chi connectivity index (χ2n) is 17.6. The first-order chi connectivity index (χ1) is 28.3. The van der Waals surface area contributed by atoms with Gasteiger partial charge in [-0.25, -0.2) is 0 Å². The average molecular weight is 955 g/mol. The van der Waals surface area contributed by atoms with Crippen LogP contribution in [0, 0.1) is 11.8 Å². The van der Waals surface area contributed by atoms with E-state index in [1.54, 1.807) is 22.7 Å². The van der Waals surface area contributed by atoms with Crippen LogP contribution in [0.25, 0.3) is 22.5 Å². The number of hydrogen-bond acceptors (Lipinski definition) is 4. The van der Waals surface area contributed by atoms with Gasteiger partial charge in [-0.2, -0.15) is 0 Å². The lowest BCUT2D eigenvalue weighted by molar-refractivity contribution is -0.122. The predicted molar refractivity (Wildman–Crippen MR) is 257 cm³/mol. The summed E-state index contributed by atoms with van der Waals surface area (Å²) in [6.07, 6.45) is 37.2. The molecule has 0 bridgehead atoms. The molecule has 4 nitrogen and oxygen atoms in total. The van der Waals surface area contributed by atoms with Crippen LogP contribution in [0.5, 0.6) is 0 Å². The number of allylic oxidation sites excluding steroid dienone is 2. The van der Waals surface area contributed by atoms with Gasteiger partial charge in [0.25, 0.3) is 11.8 Å². The first kappa shape index (κ1) is 45.8. The first-order valence-electron chi connectivity index (χ1n) is 23.5. The van der Waals surface area contributed by atoms with Crippen LogP contribution in [-0.4, -0.2) is 21.6 Å². The second-order valence-corrected chi connectivity index (χ2v) is 22.5. The summed E-state index contributed by atoms with van der Waals surface area (Å²) >= 11 is 11.0. The van der Waals surface area contributed by atoms with Crippen molar-refractivity contribution in [3.05, 3.63) is 64.1 Å². The Hall–Kier alpha value is -1.74. The number of carbonyl (C=O) groups is 2. The van der Waals surface area contributed by atoms with Crippen molar-refractivity contribution in [2.45, 2.75) is 195 Å². The number of unbranched alkanes of at least 4 members (excludes halogenated alkanes) is 16. The van der Waals surface area contributed by atoms with Crippen LogP contribution in [0.2, 0.25) is 0 Å². The van der Waals surface area contributed by atoms with E-state index in [2.05, 4.69) is 84.1 Å². The third-order valence-electron chi connectivity index (χ3n) is 13.0. The zero-order valence-electron chi connectivity index (χ0n) is 36.1. The Morgan fingerprint density at radius 1 is 0.483 bits per heavy atom. The maximum absolute atomic E-state index is 14.8. The van der Waals surface area contributed by atoms with Crippen molar-refractivity contribution in [3.63, 3.8) is 0 Å². The van der Waals surface area contributed by atoms with Gasteiger partial charge < -0.3 is 0 Å². The van der Waals surface area contributed by atoms with Crippen LogP contribution >= 0.6 is 54.5 Å². The minimum absolute atomic E-state index is 0.0526. The summed E-state index contributed by atoms with van der Waals surface area (Å²) in [5, 5.41) is 0. The van der Waals surface area contributed by atoms with E-state index in [1.165, 1.54) is 176 Å². The van der Waals surface area contributed by atoms with Crippen LogP contribution in [0.15, 0.2) is 43.3 Å². The van der Waals surface area contributed by atoms with E-state index in [4.69, 9.17) is 0 Å². The molecule has 0 saturated carbocycles. The molecule has 58 heavy (non-hydrogen) atoms. The van der Waals surface area contributed by atoms with Gasteiger partial charge >= 0.3 is 0 Å². The van der Waals surface area contributed by atoms with Crippen molar-refractivity contribution in [1.82, 2.24) is 9.80 Å². The number of rotatable bonds is 28. The highest BCUT2D eigenvalue weighted by molar-refractivity contribution is 9.11. The molecule has 8 heteroatoms. The van der Waals surface area contributed by atoms with Gasteiger partial charge in [0.05, 0.1) is 39.9 Å². The second kappa shape index (κ2) is 22.9. The highest BCUT2D eigenvalue weighted by Crippen LogP contribution is 2.56. The van der Waals surface area contributed by atoms with Crippen LogP contribution in [-0.2, 0) is 9.59 Å². The minimum Gasteiger partial charge on any atom is -0.281 e. The van der Waals surface area contributed by atoms with Gasteiger partial charge in [0.15, 0.2) is 0 Å². The largest absolute Gasteiger partial charge is 0.281 e. The molecule has 4 aliphatic heterocycles. The first-order valence-corrected chi connectivity index (χ1v) is 26.7. The molecule has 0 N–H and O–H groups in total. The van der Waals surface area contributed by atoms with Crippen molar-refractivity contribution < 1.29 is 9.59 Å². The van der Waals surface area contributed by atoms with Gasteiger partial charge in [-0.1, -0.05) is 182 Å². The molecule has 0 aliphatic carbocycles. The number of fused-ring (bicyclic) bond motifs is 7. The number of thiophene rings is 2. The zero-order chi connectivity index (χ0) is 41.0. The molecule has 2 aromatic heterocycles. The van der Waals surface area contributed by atoms with E-state index in [1.807, 2.05) is 9.80 Å². The van der Waals surface area contributed by atoms with Gasteiger partial charge in [0.2, 0.25) is 0 Å². The molecule has 0 fully saturated rings. The summed E-state index contributed by atoms with van der Waals surface area (Å²) < 4.78 is 2.10. The quantitative estimate of drug-likeness (QED) is 0.0798. The lowest BCUT2D eigenvalue weighted by atomic mass is 9.85. The average Bonchev–Trinajstić information content (AvgIpc) is 3.95. The predicted octanol–water partition coefficient (Wildman–Crippen LogP) is 17.3. The number of carbonyl (C=O) groups excluding carboxylic acids is 2. The Kier molecular flexibility index (Phi) is 18.1. The van der Waals surface area contributed by atoms with Crippen molar-refractivity contribution in [1.29, 1.82) is 0 Å². The van der Waals surface area contributed by atoms with Crippen LogP contribution in [0.1, 0.15) is 216 Å². The molecule has 0 spiro atoms. The van der Waals surface area contributed by atoms with E-state index in [0.29, 0.717) is 23.0 Å². The molecule has 2 unspecified atom stereocenters. The number of hydrogen-bond donors (Lipinski definition) is 0. The normalized spacial score (nSPS) is 16.8. The summed E-state index contributed by atoms with van der Waals surface area (Å²) in [4.78, 5) is 35.5. The maximum Gasteiger partial charge on any atom is 0.265 e. The van der Waals surface area contributed by atoms with E-state index >= 15 is 0 Å². The van der Waals surface area contributed by atoms with Crippen LogP contribution in [0.3, 0.4) is 0 Å². The van der Waals surface area contributed by atoms with Crippen LogP contribution in [0.4, 0.5) is 0 Å². The molecule has 4 aliphatic rings. The molecule has 6 rings (SSSR count). The van der Waals surface area contributed by atoms with E-state index < -0.39 is 0 Å². The number of amides is 2. The molecule has 0 saturated heterocycles. The SMILES string of the molecule is CCCCCCCCC(CCCCCC)CC1=CN2C(=O)C3=C4c5sc(Br)cc5C(CC(CCCCCC)CCCCCCCC)=CN4C(=O)C3=C2c2sc(Br)cc21. The molecule has 0 radical (unpaired) electrons. The van der Waals surface area contributed by atoms with Crippen molar-refractivity contribution in [3.8, 4) is 0 Å². The summed E-state index contributed by atoms with van der Waals surface area (Å²) in [5.41, 5.74) is 7.65. The molecule has 2 atom stereocenters. The lowest BCUT2D eigenvalue weighted by Crippen LogP contribution is -2.27. The van der Waals surface area contributed by atoms with Crippen LogP contribution < -0.4 is 0 Å². The third kappa shape index (κ3) is 11.0. The van der Waals surface area contributed by atoms with Gasteiger partial charge in [-0.05, 0) is 79.8 Å². The van der Waals surface area contributed by atoms with E-state index in [9.17, 15) is 9.59 Å². The Morgan fingerprint density at radius 3 is 1.14 bits per heavy atom. The van der Waals surface area contributed by atoms with Gasteiger partial charge in [0.1, 0.15) is 0 Å². The molecular weight excluding hydrogens is 885 g/mol. The molecular formula is C50H70Br2N2O2S2. The van der Waals surface area contributed by atoms with Gasteiger partial charge in [0, 0.05) is 23.5 Å². The van der Waals surface area contributed by atoms with Crippen molar-refractivity contribution in [2.75, 3.05) is 0 Å². The fourth-order valence-electron chi connectivity index (χ4n) is 9.82. The third-order valence-corrected chi connectivity index (χ3v) is 16.3. The lowest BCUT2D eigenvalue weighted by Gasteiger charge is -2.29. The molecule has 0 aromatic carbocycles. The number of halogens is 2. The summed E-state index contributed by atoms with van der Waals surface area (Å²) in [7, 11) is 0. The fourth-order valence-corrected chi connectivity index (χ4v) is 13.2. The highest BCUT2D eigenvalue weighted by atomic mass is 79.9. The monoisotopic (exact) mass is 952 g/mol. The Labute approximate surface area is 376 Å². The minimum atomic E-state index is -0.0526. The van der Waals surface area contributed by atoms with Crippen molar-refractivity contribution >= 4 is 88.9 Å². The molecule has 318 valence electrons. The smallest absolute Gasteiger partial charge is 0.265 e. The zero-order valence-corrected chi connectivity index (χ0v) is 40.9. The molecule has 2 amide bonds. The summed E-state index contributed by atoms with van der Waals surface area (Å²) in [6, 6.07) is 4.49. The standard InChI is InChI=1S/C50H70Br2N2O2S2/c1-5-9-13-17-19-23-27-35(25-21-15-11-7-3)29-37-33-53-45(47-39(37)31-41(51)57-47)43-44(49(53)55)46-48-40(32-42(52)58-48)38(34-54(46)50(43)56)30-36(26-22-16-12-8-4)28-24-20-18-14-10-6-2/h31-36H,5-30H2,1-4H3.